The Kier molecular flexibility index (Phi) is 3.06. The van der Waals surface area contributed by atoms with Crippen molar-refractivity contribution < 1.29 is 0 Å². The highest BCUT2D eigenvalue weighted by Gasteiger charge is 2.16. The zero-order valence-electron chi connectivity index (χ0n) is 8.31. The number of rotatable bonds is 3. The smallest absolute Gasteiger partial charge is 0.160 e. The first-order valence-corrected chi connectivity index (χ1v) is 5.39. The van der Waals surface area contributed by atoms with E-state index in [1.165, 1.54) is 0 Å². The molecule has 1 radical (unpaired) electrons. The van der Waals surface area contributed by atoms with Gasteiger partial charge in [-0.1, -0.05) is 46.3 Å². The maximum Gasteiger partial charge on any atom is 0.160 e. The summed E-state index contributed by atoms with van der Waals surface area (Å²) in [5.74, 6) is 0.880. The van der Waals surface area contributed by atoms with Crippen molar-refractivity contribution in [2.24, 2.45) is 0 Å². The molecule has 1 aromatic heterocycles. The van der Waals surface area contributed by atoms with Crippen molar-refractivity contribution in [3.63, 3.8) is 0 Å². The minimum Gasteiger partial charge on any atom is -0.336 e. The van der Waals surface area contributed by atoms with Gasteiger partial charge in [0.05, 0.1) is 0 Å². The Bertz CT molecular complexity index is 399. The lowest BCUT2D eigenvalue weighted by molar-refractivity contribution is 0.997. The van der Waals surface area contributed by atoms with Gasteiger partial charge >= 0.3 is 0 Å². The molecule has 4 heteroatoms. The Balaban J connectivity index is 2.18. The van der Waals surface area contributed by atoms with Crippen LogP contribution in [-0.4, -0.2) is 17.2 Å². The summed E-state index contributed by atoms with van der Waals surface area (Å²) in [5, 5.41) is 6.90. The predicted octanol–water partition coefficient (Wildman–Crippen LogP) is 2.78. The monoisotopic (exact) mass is 264 g/mol. The molecule has 1 N–H and O–H groups in total. The molecular formula is C11H11BrN3. The largest absolute Gasteiger partial charge is 0.336 e. The molecule has 2 rings (SSSR count). The summed E-state index contributed by atoms with van der Waals surface area (Å²) in [4.78, 5) is 2.97. The van der Waals surface area contributed by atoms with Gasteiger partial charge in [-0.2, -0.15) is 5.10 Å². The topological polar surface area (TPSA) is 31.9 Å². The molecule has 0 amide bonds. The van der Waals surface area contributed by atoms with Crippen LogP contribution in [0.4, 0.5) is 5.82 Å². The number of nitrogens with zero attached hydrogens (tertiary/aromatic N) is 2. The molecule has 0 saturated heterocycles. The molecule has 0 bridgehead atoms. The number of aromatic nitrogens is 2. The minimum atomic E-state index is 0.880. The number of hydrogen-bond donors (Lipinski definition) is 1. The van der Waals surface area contributed by atoms with E-state index in [-0.39, 0.29) is 0 Å². The second-order valence-electron chi connectivity index (χ2n) is 3.15. The molecule has 0 aliphatic heterocycles. The number of hydrogen-bond acceptors (Lipinski definition) is 2. The SMILES string of the molecule is CN([C](Br)c1ccccc1)c1cc[nH]n1. The van der Waals surface area contributed by atoms with E-state index in [0.29, 0.717) is 0 Å². The van der Waals surface area contributed by atoms with Crippen molar-refractivity contribution >= 4 is 21.7 Å². The molecule has 0 saturated carbocycles. The maximum absolute atomic E-state index is 4.11. The quantitative estimate of drug-likeness (QED) is 0.865. The van der Waals surface area contributed by atoms with Gasteiger partial charge in [-0.3, -0.25) is 5.10 Å². The van der Waals surface area contributed by atoms with Crippen molar-refractivity contribution in [3.8, 4) is 0 Å². The highest BCUT2D eigenvalue weighted by atomic mass is 79.9. The lowest BCUT2D eigenvalue weighted by Crippen LogP contribution is -2.20. The van der Waals surface area contributed by atoms with Crippen LogP contribution in [0.1, 0.15) is 5.56 Å². The van der Waals surface area contributed by atoms with Crippen LogP contribution in [0.3, 0.4) is 0 Å². The van der Waals surface area contributed by atoms with Crippen LogP contribution in [-0.2, 0) is 0 Å². The van der Waals surface area contributed by atoms with Crippen LogP contribution < -0.4 is 4.90 Å². The molecule has 0 fully saturated rings. The van der Waals surface area contributed by atoms with E-state index in [4.69, 9.17) is 0 Å². The van der Waals surface area contributed by atoms with Crippen molar-refractivity contribution in [2.75, 3.05) is 11.9 Å². The third-order valence-electron chi connectivity index (χ3n) is 2.14. The molecule has 0 unspecified atom stereocenters. The van der Waals surface area contributed by atoms with Crippen molar-refractivity contribution in [1.29, 1.82) is 0 Å². The molecule has 0 aliphatic carbocycles. The summed E-state index contributed by atoms with van der Waals surface area (Å²) in [6.45, 7) is 0. The summed E-state index contributed by atoms with van der Waals surface area (Å²) in [5.41, 5.74) is 1.13. The van der Waals surface area contributed by atoms with Crippen LogP contribution in [0.15, 0.2) is 42.6 Å². The van der Waals surface area contributed by atoms with Crippen LogP contribution >= 0.6 is 15.9 Å². The van der Waals surface area contributed by atoms with E-state index in [1.54, 1.807) is 6.20 Å². The number of nitrogens with one attached hydrogen (secondary N) is 1. The van der Waals surface area contributed by atoms with Crippen LogP contribution in [0.25, 0.3) is 0 Å². The maximum atomic E-state index is 4.11. The third kappa shape index (κ3) is 2.21. The first kappa shape index (κ1) is 10.2. The van der Waals surface area contributed by atoms with Crippen LogP contribution in [0, 0.1) is 4.95 Å². The first-order valence-electron chi connectivity index (χ1n) is 4.60. The minimum absolute atomic E-state index is 0.880. The number of anilines is 1. The van der Waals surface area contributed by atoms with E-state index >= 15 is 0 Å². The second kappa shape index (κ2) is 4.49. The standard InChI is InChI=1S/C11H11BrN3/c1-15(10-7-8-13-14-10)11(12)9-5-3-2-4-6-9/h2-8H,1H3,(H,13,14). The van der Waals surface area contributed by atoms with Gasteiger partial charge in [-0.05, 0) is 5.56 Å². The molecule has 0 atom stereocenters. The van der Waals surface area contributed by atoms with Gasteiger partial charge < -0.3 is 4.90 Å². The normalized spacial score (nSPS) is 10.6. The Morgan fingerprint density at radius 1 is 1.27 bits per heavy atom. The second-order valence-corrected chi connectivity index (χ2v) is 3.90. The van der Waals surface area contributed by atoms with Gasteiger partial charge in [0.25, 0.3) is 0 Å². The summed E-state index contributed by atoms with van der Waals surface area (Å²) in [6, 6.07) is 12.0. The Hall–Kier alpha value is -1.29. The molecule has 2 aromatic rings. The zero-order chi connectivity index (χ0) is 10.7. The van der Waals surface area contributed by atoms with Gasteiger partial charge in [-0.25, -0.2) is 0 Å². The Morgan fingerprint density at radius 3 is 2.60 bits per heavy atom. The van der Waals surface area contributed by atoms with Gasteiger partial charge in [-0.15, -0.1) is 0 Å². The fraction of sp³-hybridized carbons (Fsp3) is 0.0909. The summed E-state index contributed by atoms with van der Waals surface area (Å²) >= 11 is 3.56. The van der Waals surface area contributed by atoms with E-state index in [2.05, 4.69) is 26.1 Å². The molecule has 3 nitrogen and oxygen atoms in total. The number of H-pyrrole nitrogens is 1. The Morgan fingerprint density at radius 2 is 2.00 bits per heavy atom. The molecular weight excluding hydrogens is 254 g/mol. The van der Waals surface area contributed by atoms with Gasteiger partial charge in [0, 0.05) is 19.3 Å². The van der Waals surface area contributed by atoms with Gasteiger partial charge in [0.15, 0.2) is 10.8 Å². The fourth-order valence-corrected chi connectivity index (χ4v) is 1.76. The fourth-order valence-electron chi connectivity index (χ4n) is 1.31. The van der Waals surface area contributed by atoms with E-state index in [0.717, 1.165) is 16.3 Å². The molecule has 0 spiro atoms. The molecule has 1 heterocycles. The molecule has 77 valence electrons. The number of benzene rings is 1. The molecule has 15 heavy (non-hydrogen) atoms. The number of aromatic amines is 1. The predicted molar refractivity (Wildman–Crippen MR) is 64.7 cm³/mol. The first-order chi connectivity index (χ1) is 7.29. The summed E-state index contributed by atoms with van der Waals surface area (Å²) in [6.07, 6.45) is 1.80. The van der Waals surface area contributed by atoms with Crippen molar-refractivity contribution in [2.45, 2.75) is 0 Å². The zero-order valence-corrected chi connectivity index (χ0v) is 9.90. The van der Waals surface area contributed by atoms with Crippen molar-refractivity contribution in [1.82, 2.24) is 10.2 Å². The van der Waals surface area contributed by atoms with Crippen LogP contribution in [0.2, 0.25) is 0 Å². The van der Waals surface area contributed by atoms with Gasteiger partial charge in [0.1, 0.15) is 0 Å². The third-order valence-corrected chi connectivity index (χ3v) is 3.13. The van der Waals surface area contributed by atoms with E-state index < -0.39 is 0 Å². The van der Waals surface area contributed by atoms with Gasteiger partial charge in [0.2, 0.25) is 0 Å². The average molecular weight is 265 g/mol. The Labute approximate surface area is 97.2 Å². The molecule has 0 aliphatic rings. The lowest BCUT2D eigenvalue weighted by Gasteiger charge is -2.21. The summed E-state index contributed by atoms with van der Waals surface area (Å²) in [7, 11) is 1.97. The van der Waals surface area contributed by atoms with E-state index in [1.807, 2.05) is 48.3 Å². The number of halogens is 1. The van der Waals surface area contributed by atoms with Crippen LogP contribution in [0.5, 0.6) is 0 Å². The van der Waals surface area contributed by atoms with E-state index in [9.17, 15) is 0 Å². The highest BCUT2D eigenvalue weighted by Crippen LogP contribution is 2.27. The van der Waals surface area contributed by atoms with Crippen molar-refractivity contribution in [3.05, 3.63) is 53.1 Å². The molecule has 1 aromatic carbocycles. The highest BCUT2D eigenvalue weighted by molar-refractivity contribution is 9.11. The summed E-state index contributed by atoms with van der Waals surface area (Å²) < 4.78 is 0. The average Bonchev–Trinajstić information content (AvgIpc) is 2.82. The lowest BCUT2D eigenvalue weighted by atomic mass is 10.2.